The van der Waals surface area contributed by atoms with Crippen LogP contribution in [0.25, 0.3) is 21.9 Å². The summed E-state index contributed by atoms with van der Waals surface area (Å²) in [6.07, 6.45) is 1.97. The van der Waals surface area contributed by atoms with Crippen molar-refractivity contribution in [1.29, 1.82) is 0 Å². The Morgan fingerprint density at radius 1 is 0.857 bits per heavy atom. The largest absolute Gasteiger partial charge is 0.493 e. The molecule has 1 N–H and O–H groups in total. The number of nitrogens with zero attached hydrogens (tertiary/aromatic N) is 1. The highest BCUT2D eigenvalue weighted by molar-refractivity contribution is 5.89. The number of methoxy groups -OCH3 is 3. The van der Waals surface area contributed by atoms with Gasteiger partial charge >= 0.3 is 0 Å². The lowest BCUT2D eigenvalue weighted by molar-refractivity contribution is -0.131. The third kappa shape index (κ3) is 5.50. The van der Waals surface area contributed by atoms with Crippen LogP contribution < -0.4 is 19.5 Å². The molecule has 184 valence electrons. The Morgan fingerprint density at radius 3 is 2.09 bits per heavy atom. The van der Waals surface area contributed by atoms with Crippen molar-refractivity contribution in [1.82, 2.24) is 10.2 Å². The molecule has 0 aromatic heterocycles. The SMILES string of the molecule is COc1cc(-c2ccc3cc(CC(=O)N4CCC(NC(C)=O)CC4)ccc3c2)cc(OC)c1OC. The fraction of sp³-hybridized carbons (Fsp3) is 0.357. The molecule has 0 aliphatic carbocycles. The van der Waals surface area contributed by atoms with Gasteiger partial charge in [-0.3, -0.25) is 9.59 Å². The van der Waals surface area contributed by atoms with Gasteiger partial charge in [0.15, 0.2) is 11.5 Å². The number of likely N-dealkylation sites (tertiary alicyclic amines) is 1. The van der Waals surface area contributed by atoms with Crippen LogP contribution in [-0.2, 0) is 16.0 Å². The van der Waals surface area contributed by atoms with Crippen LogP contribution in [0.5, 0.6) is 17.2 Å². The number of nitrogens with one attached hydrogen (secondary N) is 1. The van der Waals surface area contributed by atoms with Gasteiger partial charge in [-0.2, -0.15) is 0 Å². The van der Waals surface area contributed by atoms with Gasteiger partial charge in [-0.05, 0) is 58.5 Å². The standard InChI is InChI=1S/C28H32N2O5/c1-18(31)29-24-9-11-30(12-10-24)27(32)14-19-5-6-21-15-22(8-7-20(21)13-19)23-16-25(33-2)28(35-4)26(17-23)34-3/h5-8,13,15-17,24H,9-12,14H2,1-4H3,(H,29,31). The normalized spacial score (nSPS) is 14.0. The number of piperidine rings is 1. The molecule has 0 radical (unpaired) electrons. The minimum atomic E-state index is -0.0145. The van der Waals surface area contributed by atoms with Crippen LogP contribution in [0.3, 0.4) is 0 Å². The lowest BCUT2D eigenvalue weighted by atomic mass is 9.98. The number of amides is 2. The lowest BCUT2D eigenvalue weighted by Crippen LogP contribution is -2.46. The Kier molecular flexibility index (Phi) is 7.44. The summed E-state index contributed by atoms with van der Waals surface area (Å²) in [6, 6.07) is 16.4. The summed E-state index contributed by atoms with van der Waals surface area (Å²) in [7, 11) is 4.80. The van der Waals surface area contributed by atoms with Gasteiger partial charge in [-0.15, -0.1) is 0 Å². The van der Waals surface area contributed by atoms with E-state index in [4.69, 9.17) is 14.2 Å². The van der Waals surface area contributed by atoms with Crippen molar-refractivity contribution >= 4 is 22.6 Å². The van der Waals surface area contributed by atoms with E-state index in [9.17, 15) is 9.59 Å². The van der Waals surface area contributed by atoms with E-state index < -0.39 is 0 Å². The topological polar surface area (TPSA) is 77.1 Å². The molecule has 7 heteroatoms. The van der Waals surface area contributed by atoms with Gasteiger partial charge in [0, 0.05) is 26.1 Å². The quantitative estimate of drug-likeness (QED) is 0.553. The lowest BCUT2D eigenvalue weighted by Gasteiger charge is -2.32. The first-order valence-corrected chi connectivity index (χ1v) is 11.8. The number of rotatable bonds is 7. The molecule has 1 saturated heterocycles. The monoisotopic (exact) mass is 476 g/mol. The van der Waals surface area contributed by atoms with Gasteiger partial charge in [0.2, 0.25) is 17.6 Å². The van der Waals surface area contributed by atoms with Crippen molar-refractivity contribution in [3.05, 3.63) is 54.1 Å². The van der Waals surface area contributed by atoms with Crippen LogP contribution in [0, 0.1) is 0 Å². The summed E-state index contributed by atoms with van der Waals surface area (Å²) >= 11 is 0. The van der Waals surface area contributed by atoms with Crippen molar-refractivity contribution in [3.8, 4) is 28.4 Å². The van der Waals surface area contributed by atoms with E-state index >= 15 is 0 Å². The Labute approximate surface area is 206 Å². The van der Waals surface area contributed by atoms with Gasteiger partial charge < -0.3 is 24.4 Å². The van der Waals surface area contributed by atoms with Crippen LogP contribution in [-0.4, -0.2) is 57.2 Å². The minimum Gasteiger partial charge on any atom is -0.493 e. The zero-order chi connectivity index (χ0) is 24.9. The first kappa shape index (κ1) is 24.4. The second-order valence-electron chi connectivity index (χ2n) is 8.84. The second kappa shape index (κ2) is 10.7. The number of hydrogen-bond acceptors (Lipinski definition) is 5. The van der Waals surface area contributed by atoms with Crippen molar-refractivity contribution in [3.63, 3.8) is 0 Å². The highest BCUT2D eigenvalue weighted by Crippen LogP contribution is 2.41. The number of benzene rings is 3. The number of carbonyl (C=O) groups is 2. The summed E-state index contributed by atoms with van der Waals surface area (Å²) in [6.45, 7) is 2.88. The average Bonchev–Trinajstić information content (AvgIpc) is 2.87. The smallest absolute Gasteiger partial charge is 0.226 e. The maximum Gasteiger partial charge on any atom is 0.226 e. The molecule has 0 atom stereocenters. The highest BCUT2D eigenvalue weighted by atomic mass is 16.5. The molecule has 2 amide bonds. The van der Waals surface area contributed by atoms with E-state index in [1.54, 1.807) is 21.3 Å². The van der Waals surface area contributed by atoms with Crippen LogP contribution in [0.2, 0.25) is 0 Å². The van der Waals surface area contributed by atoms with E-state index in [2.05, 4.69) is 35.6 Å². The summed E-state index contributed by atoms with van der Waals surface area (Å²) in [5.41, 5.74) is 2.98. The Bertz CT molecular complexity index is 1210. The molecular formula is C28H32N2O5. The summed E-state index contributed by atoms with van der Waals surface area (Å²) in [5.74, 6) is 1.89. The van der Waals surface area contributed by atoms with Crippen LogP contribution in [0.15, 0.2) is 48.5 Å². The fourth-order valence-electron chi connectivity index (χ4n) is 4.68. The molecule has 7 nitrogen and oxygen atoms in total. The molecule has 35 heavy (non-hydrogen) atoms. The second-order valence-corrected chi connectivity index (χ2v) is 8.84. The summed E-state index contributed by atoms with van der Waals surface area (Å²) < 4.78 is 16.4. The predicted molar refractivity (Wildman–Crippen MR) is 136 cm³/mol. The minimum absolute atomic E-state index is 0.0145. The van der Waals surface area contributed by atoms with Gasteiger partial charge in [0.05, 0.1) is 27.8 Å². The van der Waals surface area contributed by atoms with Crippen molar-refractivity contribution in [2.24, 2.45) is 0 Å². The first-order chi connectivity index (χ1) is 16.9. The molecular weight excluding hydrogens is 444 g/mol. The Morgan fingerprint density at radius 2 is 1.49 bits per heavy atom. The van der Waals surface area contributed by atoms with E-state index in [0.29, 0.717) is 36.8 Å². The summed E-state index contributed by atoms with van der Waals surface area (Å²) in [4.78, 5) is 26.0. The molecule has 1 aliphatic rings. The number of carbonyl (C=O) groups excluding carboxylic acids is 2. The molecule has 1 fully saturated rings. The van der Waals surface area contributed by atoms with Crippen LogP contribution in [0.1, 0.15) is 25.3 Å². The Balaban J connectivity index is 1.49. The van der Waals surface area contributed by atoms with Crippen molar-refractivity contribution < 1.29 is 23.8 Å². The van der Waals surface area contributed by atoms with Crippen LogP contribution in [0.4, 0.5) is 0 Å². The third-order valence-corrected chi connectivity index (χ3v) is 6.51. The zero-order valence-electron chi connectivity index (χ0n) is 20.7. The van der Waals surface area contributed by atoms with Crippen molar-refractivity contribution in [2.45, 2.75) is 32.2 Å². The molecule has 1 aliphatic heterocycles. The molecule has 1 heterocycles. The predicted octanol–water partition coefficient (Wildman–Crippen LogP) is 4.20. The van der Waals surface area contributed by atoms with Crippen molar-refractivity contribution in [2.75, 3.05) is 34.4 Å². The molecule has 0 bridgehead atoms. The number of fused-ring (bicyclic) bond motifs is 1. The number of hydrogen-bond donors (Lipinski definition) is 1. The number of ether oxygens (including phenoxy) is 3. The van der Waals surface area contributed by atoms with E-state index in [1.165, 1.54) is 6.92 Å². The molecule has 4 rings (SSSR count). The van der Waals surface area contributed by atoms with Gasteiger partial charge in [0.1, 0.15) is 0 Å². The summed E-state index contributed by atoms with van der Waals surface area (Å²) in [5, 5.41) is 5.11. The van der Waals surface area contributed by atoms with Gasteiger partial charge in [-0.25, -0.2) is 0 Å². The first-order valence-electron chi connectivity index (χ1n) is 11.8. The molecule has 3 aromatic rings. The molecule has 0 saturated carbocycles. The molecule has 0 spiro atoms. The van der Waals surface area contributed by atoms with Gasteiger partial charge in [-0.1, -0.05) is 30.3 Å². The maximum atomic E-state index is 12.8. The Hall–Kier alpha value is -3.74. The van der Waals surface area contributed by atoms with E-state index in [0.717, 1.165) is 40.3 Å². The third-order valence-electron chi connectivity index (χ3n) is 6.51. The molecule has 3 aromatic carbocycles. The zero-order valence-corrected chi connectivity index (χ0v) is 20.7. The fourth-order valence-corrected chi connectivity index (χ4v) is 4.68. The maximum absolute atomic E-state index is 12.8. The van der Waals surface area contributed by atoms with E-state index in [1.807, 2.05) is 23.1 Å². The van der Waals surface area contributed by atoms with Crippen LogP contribution >= 0.6 is 0 Å². The average molecular weight is 477 g/mol. The van der Waals surface area contributed by atoms with E-state index in [-0.39, 0.29) is 17.9 Å². The van der Waals surface area contributed by atoms with Gasteiger partial charge in [0.25, 0.3) is 0 Å². The highest BCUT2D eigenvalue weighted by Gasteiger charge is 2.23. The molecule has 0 unspecified atom stereocenters.